The summed E-state index contributed by atoms with van der Waals surface area (Å²) in [6.45, 7) is 0.262. The molecule has 2 aromatic rings. The predicted octanol–water partition coefficient (Wildman–Crippen LogP) is 4.78. The topological polar surface area (TPSA) is 96.5 Å². The lowest BCUT2D eigenvalue weighted by molar-refractivity contribution is -0.144. The van der Waals surface area contributed by atoms with Crippen molar-refractivity contribution in [1.29, 1.82) is 0 Å². The van der Waals surface area contributed by atoms with E-state index < -0.39 is 11.9 Å². The molecule has 3 N–H and O–H groups in total. The first-order valence-electron chi connectivity index (χ1n) is 11.8. The van der Waals surface area contributed by atoms with E-state index in [4.69, 9.17) is 28.6 Å². The summed E-state index contributed by atoms with van der Waals surface area (Å²) in [6.07, 6.45) is 5.88. The fraction of sp³-hybridized carbons (Fsp3) is 0.385. The molecule has 7 nitrogen and oxygen atoms in total. The van der Waals surface area contributed by atoms with E-state index in [-0.39, 0.29) is 36.5 Å². The summed E-state index contributed by atoms with van der Waals surface area (Å²) in [4.78, 5) is 36.7. The van der Waals surface area contributed by atoms with Crippen LogP contribution in [0.25, 0.3) is 0 Å². The first-order valence-corrected chi connectivity index (χ1v) is 12.6. The third-order valence-corrected chi connectivity index (χ3v) is 6.25. The molecule has 0 radical (unpaired) electrons. The van der Waals surface area contributed by atoms with Gasteiger partial charge in [0.25, 0.3) is 5.91 Å². The Bertz CT molecular complexity index is 1040. The van der Waals surface area contributed by atoms with Gasteiger partial charge in [0.15, 0.2) is 5.11 Å². The summed E-state index contributed by atoms with van der Waals surface area (Å²) in [7, 11) is 0. The van der Waals surface area contributed by atoms with Crippen molar-refractivity contribution in [2.45, 2.75) is 57.4 Å². The number of halogens is 1. The van der Waals surface area contributed by atoms with Gasteiger partial charge < -0.3 is 20.7 Å². The highest BCUT2D eigenvalue weighted by atomic mass is 35.5. The van der Waals surface area contributed by atoms with E-state index in [1.807, 2.05) is 30.3 Å². The van der Waals surface area contributed by atoms with Crippen LogP contribution in [0.15, 0.2) is 48.5 Å². The summed E-state index contributed by atoms with van der Waals surface area (Å²) >= 11 is 11.4. The number of benzene rings is 2. The van der Waals surface area contributed by atoms with Crippen molar-refractivity contribution in [3.8, 4) is 0 Å². The molecular weight excluding hydrogens is 486 g/mol. The minimum atomic E-state index is -0.443. The zero-order valence-corrected chi connectivity index (χ0v) is 21.1. The summed E-state index contributed by atoms with van der Waals surface area (Å²) in [6, 6.07) is 14.7. The second-order valence-corrected chi connectivity index (χ2v) is 9.28. The lowest BCUT2D eigenvalue weighted by Gasteiger charge is -2.23. The zero-order chi connectivity index (χ0) is 25.0. The third-order valence-electron chi connectivity index (χ3n) is 5.71. The molecule has 1 saturated carbocycles. The number of hydrogen-bond donors (Lipinski definition) is 3. The van der Waals surface area contributed by atoms with Crippen molar-refractivity contribution in [3.63, 3.8) is 0 Å². The Labute approximate surface area is 216 Å². The highest BCUT2D eigenvalue weighted by Crippen LogP contribution is 2.23. The Morgan fingerprint density at radius 1 is 1.00 bits per heavy atom. The Hall–Kier alpha value is -2.97. The molecule has 0 unspecified atom stereocenters. The minimum absolute atomic E-state index is 0.0460. The number of ether oxygens (including phenoxy) is 1. The number of esters is 1. The van der Waals surface area contributed by atoms with Crippen LogP contribution in [-0.2, 0) is 20.7 Å². The van der Waals surface area contributed by atoms with Crippen molar-refractivity contribution in [2.24, 2.45) is 0 Å². The molecule has 0 bridgehead atoms. The molecule has 186 valence electrons. The fourth-order valence-electron chi connectivity index (χ4n) is 3.85. The Kier molecular flexibility index (Phi) is 10.5. The van der Waals surface area contributed by atoms with Crippen LogP contribution in [0.1, 0.15) is 60.9 Å². The third kappa shape index (κ3) is 9.30. The lowest BCUT2D eigenvalue weighted by Crippen LogP contribution is -2.36. The second kappa shape index (κ2) is 13.8. The smallest absolute Gasteiger partial charge is 0.306 e. The van der Waals surface area contributed by atoms with Crippen LogP contribution in [0, 0.1) is 0 Å². The van der Waals surface area contributed by atoms with Gasteiger partial charge in [0, 0.05) is 24.6 Å². The molecule has 35 heavy (non-hydrogen) atoms. The van der Waals surface area contributed by atoms with Gasteiger partial charge in [0.2, 0.25) is 5.91 Å². The van der Waals surface area contributed by atoms with Gasteiger partial charge in [-0.15, -0.1) is 0 Å². The van der Waals surface area contributed by atoms with E-state index in [1.165, 1.54) is 6.42 Å². The highest BCUT2D eigenvalue weighted by molar-refractivity contribution is 7.80. The largest absolute Gasteiger partial charge is 0.465 e. The van der Waals surface area contributed by atoms with E-state index in [2.05, 4.69) is 16.0 Å². The quantitative estimate of drug-likeness (QED) is 0.328. The van der Waals surface area contributed by atoms with Crippen molar-refractivity contribution in [1.82, 2.24) is 10.6 Å². The number of amides is 2. The van der Waals surface area contributed by atoms with Crippen molar-refractivity contribution in [2.75, 3.05) is 11.9 Å². The maximum atomic E-state index is 12.7. The van der Waals surface area contributed by atoms with Crippen molar-refractivity contribution < 1.29 is 19.1 Å². The van der Waals surface area contributed by atoms with Gasteiger partial charge >= 0.3 is 5.97 Å². The van der Waals surface area contributed by atoms with Gasteiger partial charge in [-0.25, -0.2) is 0 Å². The molecule has 2 aromatic carbocycles. The van der Waals surface area contributed by atoms with Crippen LogP contribution in [-0.4, -0.2) is 35.5 Å². The van der Waals surface area contributed by atoms with Gasteiger partial charge in [-0.05, 0) is 48.8 Å². The first kappa shape index (κ1) is 26.6. The molecule has 0 spiro atoms. The molecule has 1 aliphatic carbocycles. The maximum Gasteiger partial charge on any atom is 0.306 e. The number of carbonyl (C=O) groups excluding carboxylic acids is 3. The number of thiocarbonyl (C=S) groups is 1. The van der Waals surface area contributed by atoms with Crippen molar-refractivity contribution in [3.05, 3.63) is 64.7 Å². The van der Waals surface area contributed by atoms with E-state index >= 15 is 0 Å². The SMILES string of the molecule is O=C(CCC(=O)OCCc1ccccc1)NC(=S)Nc1ccc(Cl)c(C(=O)NC2CCCCC2)c1. The van der Waals surface area contributed by atoms with Crippen LogP contribution in [0.3, 0.4) is 0 Å². The monoisotopic (exact) mass is 515 g/mol. The molecule has 9 heteroatoms. The zero-order valence-electron chi connectivity index (χ0n) is 19.5. The fourth-order valence-corrected chi connectivity index (χ4v) is 4.29. The van der Waals surface area contributed by atoms with Crippen LogP contribution in [0.4, 0.5) is 5.69 Å². The molecule has 0 aromatic heterocycles. The molecule has 1 aliphatic rings. The first-order chi connectivity index (χ1) is 16.9. The number of carbonyl (C=O) groups is 3. The van der Waals surface area contributed by atoms with Crippen molar-refractivity contribution >= 4 is 52.4 Å². The molecule has 0 atom stereocenters. The van der Waals surface area contributed by atoms with Gasteiger partial charge in [-0.2, -0.15) is 0 Å². The van der Waals surface area contributed by atoms with Crippen LogP contribution < -0.4 is 16.0 Å². The lowest BCUT2D eigenvalue weighted by atomic mass is 9.95. The normalized spacial score (nSPS) is 13.5. The Morgan fingerprint density at radius 3 is 2.49 bits per heavy atom. The van der Waals surface area contributed by atoms with Crippen LogP contribution in [0.5, 0.6) is 0 Å². The number of nitrogens with one attached hydrogen (secondary N) is 3. The summed E-state index contributed by atoms with van der Waals surface area (Å²) in [5.41, 5.74) is 1.94. The van der Waals surface area contributed by atoms with Gasteiger partial charge in [-0.3, -0.25) is 14.4 Å². The van der Waals surface area contributed by atoms with E-state index in [0.29, 0.717) is 22.7 Å². The maximum absolute atomic E-state index is 12.7. The number of hydrogen-bond acceptors (Lipinski definition) is 5. The average Bonchev–Trinajstić information content (AvgIpc) is 2.85. The Morgan fingerprint density at radius 2 is 1.74 bits per heavy atom. The molecule has 0 saturated heterocycles. The van der Waals surface area contributed by atoms with E-state index in [1.54, 1.807) is 18.2 Å². The van der Waals surface area contributed by atoms with E-state index in [0.717, 1.165) is 31.2 Å². The molecule has 3 rings (SSSR count). The molecular formula is C26H30ClN3O4S. The predicted molar refractivity (Wildman–Crippen MR) is 140 cm³/mol. The Balaban J connectivity index is 1.40. The standard InChI is InChI=1S/C26H30ClN3O4S/c27-22-12-11-20(17-21(22)25(33)28-19-9-5-2-6-10-19)29-26(35)30-23(31)13-14-24(32)34-16-15-18-7-3-1-4-8-18/h1,3-4,7-8,11-12,17,19H,2,5-6,9-10,13-16H2,(H,28,33)(H2,29,30,31,35). The van der Waals surface area contributed by atoms with Gasteiger partial charge in [0.1, 0.15) is 0 Å². The summed E-state index contributed by atoms with van der Waals surface area (Å²) in [5, 5.41) is 8.86. The van der Waals surface area contributed by atoms with Gasteiger partial charge in [-0.1, -0.05) is 61.2 Å². The summed E-state index contributed by atoms with van der Waals surface area (Å²) in [5.74, 6) is -1.08. The molecule has 0 heterocycles. The molecule has 1 fully saturated rings. The van der Waals surface area contributed by atoms with E-state index in [9.17, 15) is 14.4 Å². The second-order valence-electron chi connectivity index (χ2n) is 8.46. The average molecular weight is 516 g/mol. The number of rotatable bonds is 9. The van der Waals surface area contributed by atoms with Crippen LogP contribution >= 0.6 is 23.8 Å². The number of anilines is 1. The molecule has 0 aliphatic heterocycles. The minimum Gasteiger partial charge on any atom is -0.465 e. The molecule has 2 amide bonds. The highest BCUT2D eigenvalue weighted by Gasteiger charge is 2.19. The summed E-state index contributed by atoms with van der Waals surface area (Å²) < 4.78 is 5.18. The van der Waals surface area contributed by atoms with Gasteiger partial charge in [0.05, 0.1) is 23.6 Å². The van der Waals surface area contributed by atoms with Crippen LogP contribution in [0.2, 0.25) is 5.02 Å².